The first-order chi connectivity index (χ1) is 5.29. The van der Waals surface area contributed by atoms with Crippen molar-refractivity contribution in [2.45, 2.75) is 6.92 Å². The summed E-state index contributed by atoms with van der Waals surface area (Å²) in [6.45, 7) is 1.69. The van der Waals surface area contributed by atoms with Crippen molar-refractivity contribution < 1.29 is 8.91 Å². The Morgan fingerprint density at radius 1 is 1.45 bits per heavy atom. The van der Waals surface area contributed by atoms with Crippen LogP contribution in [0.3, 0.4) is 0 Å². The smallest absolute Gasteiger partial charge is 0.144 e. The molecule has 0 aliphatic heterocycles. The molecule has 56 valence electrons. The lowest BCUT2D eigenvalue weighted by molar-refractivity contribution is 0.405. The molecule has 0 amide bonds. The second-order valence-corrected chi connectivity index (χ2v) is 2.37. The van der Waals surface area contributed by atoms with Crippen molar-refractivity contribution in [2.24, 2.45) is 0 Å². The maximum absolute atomic E-state index is 13.0. The molecule has 0 radical (unpaired) electrons. The molecular formula is C8H6FNO. The Bertz CT molecular complexity index is 394. The first-order valence-electron chi connectivity index (χ1n) is 3.29. The number of halogens is 1. The van der Waals surface area contributed by atoms with Gasteiger partial charge in [0.25, 0.3) is 0 Å². The Hall–Kier alpha value is -1.38. The average molecular weight is 151 g/mol. The second-order valence-electron chi connectivity index (χ2n) is 2.37. The number of rotatable bonds is 0. The quantitative estimate of drug-likeness (QED) is 0.577. The highest BCUT2D eigenvalue weighted by Crippen LogP contribution is 2.19. The zero-order valence-electron chi connectivity index (χ0n) is 5.97. The summed E-state index contributed by atoms with van der Waals surface area (Å²) in [6.07, 6.45) is 0. The van der Waals surface area contributed by atoms with Gasteiger partial charge in [-0.25, -0.2) is 4.39 Å². The molecule has 0 aliphatic carbocycles. The highest BCUT2D eigenvalue weighted by molar-refractivity contribution is 5.80. The molecule has 2 aromatic rings. The molecule has 0 unspecified atom stereocenters. The summed E-state index contributed by atoms with van der Waals surface area (Å²) in [7, 11) is 0. The van der Waals surface area contributed by atoms with E-state index < -0.39 is 0 Å². The summed E-state index contributed by atoms with van der Waals surface area (Å²) in [4.78, 5) is 0. The van der Waals surface area contributed by atoms with Crippen molar-refractivity contribution in [3.63, 3.8) is 0 Å². The van der Waals surface area contributed by atoms with Crippen molar-refractivity contribution >= 4 is 10.9 Å². The van der Waals surface area contributed by atoms with E-state index in [4.69, 9.17) is 4.52 Å². The fourth-order valence-electron chi connectivity index (χ4n) is 1.10. The number of fused-ring (bicyclic) bond motifs is 1. The normalized spacial score (nSPS) is 10.7. The van der Waals surface area contributed by atoms with Crippen LogP contribution in [0.1, 0.15) is 5.76 Å². The van der Waals surface area contributed by atoms with E-state index in [2.05, 4.69) is 5.16 Å². The van der Waals surface area contributed by atoms with Gasteiger partial charge in [-0.2, -0.15) is 0 Å². The largest absolute Gasteiger partial charge is 0.360 e. The molecule has 2 rings (SSSR count). The van der Waals surface area contributed by atoms with Crippen molar-refractivity contribution in [1.29, 1.82) is 0 Å². The van der Waals surface area contributed by atoms with Gasteiger partial charge in [0.15, 0.2) is 0 Å². The van der Waals surface area contributed by atoms with Gasteiger partial charge in [-0.3, -0.25) is 0 Å². The minimum Gasteiger partial charge on any atom is -0.360 e. The Labute approximate surface area is 62.6 Å². The molecule has 0 bridgehead atoms. The van der Waals surface area contributed by atoms with Crippen molar-refractivity contribution in [2.75, 3.05) is 0 Å². The van der Waals surface area contributed by atoms with Crippen LogP contribution >= 0.6 is 0 Å². The summed E-state index contributed by atoms with van der Waals surface area (Å²) >= 11 is 0. The second kappa shape index (κ2) is 2.05. The molecule has 1 aromatic heterocycles. The van der Waals surface area contributed by atoms with E-state index in [-0.39, 0.29) is 5.82 Å². The summed E-state index contributed by atoms with van der Waals surface area (Å²) in [5.74, 6) is 0.249. The fraction of sp³-hybridized carbons (Fsp3) is 0.125. The number of benzene rings is 1. The van der Waals surface area contributed by atoms with Gasteiger partial charge in [0.2, 0.25) is 0 Å². The Kier molecular flexibility index (Phi) is 1.18. The van der Waals surface area contributed by atoms with Gasteiger partial charge in [-0.1, -0.05) is 11.2 Å². The number of hydrogen-bond donors (Lipinski definition) is 0. The van der Waals surface area contributed by atoms with Crippen LogP contribution in [0.4, 0.5) is 4.39 Å². The monoisotopic (exact) mass is 151 g/mol. The Balaban J connectivity index is 2.96. The summed E-state index contributed by atoms with van der Waals surface area (Å²) in [5.41, 5.74) is 0.572. The van der Waals surface area contributed by atoms with Gasteiger partial charge in [0.1, 0.15) is 17.1 Å². The number of nitrogens with zero attached hydrogens (tertiary/aromatic N) is 1. The molecule has 1 aromatic carbocycles. The van der Waals surface area contributed by atoms with E-state index >= 15 is 0 Å². The van der Waals surface area contributed by atoms with E-state index in [0.717, 1.165) is 0 Å². The van der Waals surface area contributed by atoms with Crippen molar-refractivity contribution in [3.8, 4) is 0 Å². The van der Waals surface area contributed by atoms with Crippen LogP contribution in [0.15, 0.2) is 22.7 Å². The van der Waals surface area contributed by atoms with Crippen LogP contribution in [0.25, 0.3) is 10.9 Å². The summed E-state index contributed by atoms with van der Waals surface area (Å²) in [6, 6.07) is 4.72. The highest BCUT2D eigenvalue weighted by Gasteiger charge is 2.07. The molecule has 0 atom stereocenters. The SMILES string of the molecule is Cc1onc2cccc(F)c12. The maximum Gasteiger partial charge on any atom is 0.144 e. The lowest BCUT2D eigenvalue weighted by atomic mass is 10.2. The van der Waals surface area contributed by atoms with Gasteiger partial charge in [-0.15, -0.1) is 0 Å². The zero-order valence-corrected chi connectivity index (χ0v) is 5.97. The predicted octanol–water partition coefficient (Wildman–Crippen LogP) is 2.28. The molecule has 0 fully saturated rings. The molecule has 11 heavy (non-hydrogen) atoms. The fourth-order valence-corrected chi connectivity index (χ4v) is 1.10. The summed E-state index contributed by atoms with van der Waals surface area (Å²) in [5, 5.41) is 4.14. The molecule has 0 saturated heterocycles. The van der Waals surface area contributed by atoms with Crippen LogP contribution in [-0.4, -0.2) is 5.16 Å². The van der Waals surface area contributed by atoms with Crippen molar-refractivity contribution in [1.82, 2.24) is 5.16 Å². The summed E-state index contributed by atoms with van der Waals surface area (Å²) < 4.78 is 17.8. The third kappa shape index (κ3) is 0.808. The molecule has 2 nitrogen and oxygen atoms in total. The molecule has 0 saturated carbocycles. The number of aryl methyl sites for hydroxylation is 1. The van der Waals surface area contributed by atoms with E-state index in [1.807, 2.05) is 0 Å². The van der Waals surface area contributed by atoms with E-state index in [0.29, 0.717) is 16.7 Å². The lowest BCUT2D eigenvalue weighted by Crippen LogP contribution is -1.75. The molecule has 0 spiro atoms. The van der Waals surface area contributed by atoms with Gasteiger partial charge >= 0.3 is 0 Å². The van der Waals surface area contributed by atoms with Crippen LogP contribution in [-0.2, 0) is 0 Å². The Morgan fingerprint density at radius 2 is 2.27 bits per heavy atom. The number of hydrogen-bond acceptors (Lipinski definition) is 2. The van der Waals surface area contributed by atoms with E-state index in [9.17, 15) is 4.39 Å². The average Bonchev–Trinajstić information content (AvgIpc) is 2.34. The van der Waals surface area contributed by atoms with Gasteiger partial charge in [0.05, 0.1) is 5.39 Å². The molecule has 3 heteroatoms. The first kappa shape index (κ1) is 6.34. The molecule has 1 heterocycles. The third-order valence-corrected chi connectivity index (χ3v) is 1.62. The molecule has 0 aliphatic rings. The zero-order chi connectivity index (χ0) is 7.84. The van der Waals surface area contributed by atoms with Crippen LogP contribution in [0, 0.1) is 12.7 Å². The van der Waals surface area contributed by atoms with Crippen LogP contribution in [0.2, 0.25) is 0 Å². The van der Waals surface area contributed by atoms with Gasteiger partial charge in [-0.05, 0) is 19.1 Å². The standard InChI is InChI=1S/C8H6FNO/c1-5-8-6(9)3-2-4-7(8)10-11-5/h2-4H,1H3. The lowest BCUT2D eigenvalue weighted by Gasteiger charge is -1.87. The van der Waals surface area contributed by atoms with Crippen LogP contribution < -0.4 is 0 Å². The predicted molar refractivity (Wildman–Crippen MR) is 38.7 cm³/mol. The molecular weight excluding hydrogens is 145 g/mol. The minimum absolute atomic E-state index is 0.277. The van der Waals surface area contributed by atoms with Crippen LogP contribution in [0.5, 0.6) is 0 Å². The highest BCUT2D eigenvalue weighted by atomic mass is 19.1. The number of aromatic nitrogens is 1. The maximum atomic E-state index is 13.0. The van der Waals surface area contributed by atoms with Crippen molar-refractivity contribution in [3.05, 3.63) is 29.8 Å². The van der Waals surface area contributed by atoms with Gasteiger partial charge < -0.3 is 4.52 Å². The van der Waals surface area contributed by atoms with E-state index in [1.165, 1.54) is 6.07 Å². The van der Waals surface area contributed by atoms with E-state index in [1.54, 1.807) is 19.1 Å². The third-order valence-electron chi connectivity index (χ3n) is 1.62. The topological polar surface area (TPSA) is 26.0 Å². The Morgan fingerprint density at radius 3 is 3.00 bits per heavy atom. The minimum atomic E-state index is -0.277. The van der Waals surface area contributed by atoms with Gasteiger partial charge in [0, 0.05) is 0 Å². The first-order valence-corrected chi connectivity index (χ1v) is 3.29. The molecule has 0 N–H and O–H groups in total.